The number of benzene rings is 1. The number of aliphatic carboxylic acids is 1. The van der Waals surface area contributed by atoms with E-state index in [1.54, 1.807) is 4.90 Å². The van der Waals surface area contributed by atoms with Gasteiger partial charge in [0.05, 0.1) is 11.8 Å². The number of carbonyl (C=O) groups excluding carboxylic acids is 1. The third kappa shape index (κ3) is 2.95. The minimum absolute atomic E-state index is 0.0231. The van der Waals surface area contributed by atoms with Gasteiger partial charge in [-0.3, -0.25) is 9.59 Å². The van der Waals surface area contributed by atoms with E-state index in [0.717, 1.165) is 5.56 Å². The maximum Gasteiger partial charge on any atom is 0.307 e. The number of amides is 1. The first-order valence-electron chi connectivity index (χ1n) is 6.69. The molecule has 0 aliphatic heterocycles. The van der Waals surface area contributed by atoms with Crippen molar-refractivity contribution in [2.45, 2.75) is 26.3 Å². The first-order valence-corrected chi connectivity index (χ1v) is 6.69. The molecule has 4 heteroatoms. The lowest BCUT2D eigenvalue weighted by Crippen LogP contribution is -2.45. The molecule has 1 aromatic carbocycles. The van der Waals surface area contributed by atoms with Crippen LogP contribution in [0.25, 0.3) is 0 Å². The number of carbonyl (C=O) groups is 2. The lowest BCUT2D eigenvalue weighted by molar-refractivity contribution is -0.156. The molecule has 1 aromatic rings. The van der Waals surface area contributed by atoms with E-state index in [0.29, 0.717) is 25.9 Å². The zero-order valence-corrected chi connectivity index (χ0v) is 11.1. The molecule has 0 spiro atoms. The SMILES string of the molecule is CCN(Cc1ccccc1)C(=O)C1CCC1C(=O)O. The van der Waals surface area contributed by atoms with Crippen molar-refractivity contribution in [3.63, 3.8) is 0 Å². The molecule has 2 atom stereocenters. The first kappa shape index (κ1) is 13.6. The summed E-state index contributed by atoms with van der Waals surface area (Å²) in [6.45, 7) is 3.09. The van der Waals surface area contributed by atoms with Crippen molar-refractivity contribution in [2.75, 3.05) is 6.54 Å². The Morgan fingerprint density at radius 2 is 1.84 bits per heavy atom. The van der Waals surface area contributed by atoms with Gasteiger partial charge in [0, 0.05) is 13.1 Å². The first-order chi connectivity index (χ1) is 9.13. The second-order valence-corrected chi connectivity index (χ2v) is 4.97. The molecule has 1 fully saturated rings. The van der Waals surface area contributed by atoms with E-state index in [2.05, 4.69) is 0 Å². The van der Waals surface area contributed by atoms with Crippen molar-refractivity contribution >= 4 is 11.9 Å². The van der Waals surface area contributed by atoms with Crippen LogP contribution in [0, 0.1) is 11.8 Å². The van der Waals surface area contributed by atoms with Gasteiger partial charge in [-0.1, -0.05) is 30.3 Å². The summed E-state index contributed by atoms with van der Waals surface area (Å²) in [4.78, 5) is 25.1. The number of hydrogen-bond acceptors (Lipinski definition) is 2. The Kier molecular flexibility index (Phi) is 4.20. The van der Waals surface area contributed by atoms with Crippen molar-refractivity contribution < 1.29 is 14.7 Å². The minimum atomic E-state index is -0.847. The van der Waals surface area contributed by atoms with Crippen molar-refractivity contribution in [3.05, 3.63) is 35.9 Å². The zero-order chi connectivity index (χ0) is 13.8. The zero-order valence-electron chi connectivity index (χ0n) is 11.1. The molecule has 4 nitrogen and oxygen atoms in total. The Balaban J connectivity index is 2.02. The maximum absolute atomic E-state index is 12.3. The summed E-state index contributed by atoms with van der Waals surface area (Å²) in [6, 6.07) is 9.78. The van der Waals surface area contributed by atoms with Crippen molar-refractivity contribution in [1.82, 2.24) is 4.90 Å². The van der Waals surface area contributed by atoms with Crippen molar-refractivity contribution in [2.24, 2.45) is 11.8 Å². The summed E-state index contributed by atoms with van der Waals surface area (Å²) >= 11 is 0. The average Bonchev–Trinajstić information content (AvgIpc) is 2.35. The number of carboxylic acids is 1. The summed E-state index contributed by atoms with van der Waals surface area (Å²) in [5.41, 5.74) is 1.07. The topological polar surface area (TPSA) is 57.6 Å². The molecule has 1 saturated carbocycles. The van der Waals surface area contributed by atoms with Crippen molar-refractivity contribution in [1.29, 1.82) is 0 Å². The predicted molar refractivity (Wildman–Crippen MR) is 71.4 cm³/mol. The fourth-order valence-corrected chi connectivity index (χ4v) is 2.48. The third-order valence-corrected chi connectivity index (χ3v) is 3.82. The fraction of sp³-hybridized carbons (Fsp3) is 0.467. The number of carboxylic acid groups (broad SMARTS) is 1. The average molecular weight is 261 g/mol. The van der Waals surface area contributed by atoms with Crippen LogP contribution in [-0.2, 0) is 16.1 Å². The lowest BCUT2D eigenvalue weighted by atomic mass is 9.73. The highest BCUT2D eigenvalue weighted by atomic mass is 16.4. The Labute approximate surface area is 113 Å². The molecule has 2 unspecified atom stereocenters. The van der Waals surface area contributed by atoms with E-state index < -0.39 is 11.9 Å². The maximum atomic E-state index is 12.3. The highest BCUT2D eigenvalue weighted by molar-refractivity contribution is 5.86. The molecule has 1 aliphatic rings. The van der Waals surface area contributed by atoms with Crippen LogP contribution in [0.5, 0.6) is 0 Å². The van der Waals surface area contributed by atoms with Crippen LogP contribution in [0.2, 0.25) is 0 Å². The minimum Gasteiger partial charge on any atom is -0.481 e. The normalized spacial score (nSPS) is 21.5. The molecule has 0 saturated heterocycles. The molecular formula is C15H19NO3. The molecule has 0 radical (unpaired) electrons. The molecule has 1 amide bonds. The van der Waals surface area contributed by atoms with Gasteiger partial charge in [-0.25, -0.2) is 0 Å². The van der Waals surface area contributed by atoms with Crippen LogP contribution >= 0.6 is 0 Å². The van der Waals surface area contributed by atoms with Gasteiger partial charge < -0.3 is 10.0 Å². The standard InChI is InChI=1S/C15H19NO3/c1-2-16(10-11-6-4-3-5-7-11)14(17)12-8-9-13(12)15(18)19/h3-7,12-13H,2,8-10H2,1H3,(H,18,19). The number of rotatable bonds is 5. The number of nitrogens with zero attached hydrogens (tertiary/aromatic N) is 1. The molecule has 0 aromatic heterocycles. The van der Waals surface area contributed by atoms with Gasteiger partial charge in [0.2, 0.25) is 5.91 Å². The quantitative estimate of drug-likeness (QED) is 0.883. The molecule has 1 N–H and O–H groups in total. The molecular weight excluding hydrogens is 242 g/mol. The van der Waals surface area contributed by atoms with E-state index in [1.165, 1.54) is 0 Å². The van der Waals surface area contributed by atoms with Gasteiger partial charge in [-0.2, -0.15) is 0 Å². The largest absolute Gasteiger partial charge is 0.481 e. The van der Waals surface area contributed by atoms with Crippen LogP contribution in [0.3, 0.4) is 0 Å². The Morgan fingerprint density at radius 1 is 1.21 bits per heavy atom. The summed E-state index contributed by atoms with van der Waals surface area (Å²) < 4.78 is 0. The van der Waals surface area contributed by atoms with Gasteiger partial charge in [0.15, 0.2) is 0 Å². The van der Waals surface area contributed by atoms with Gasteiger partial charge in [0.1, 0.15) is 0 Å². The smallest absolute Gasteiger partial charge is 0.307 e. The Morgan fingerprint density at radius 3 is 2.32 bits per heavy atom. The summed E-state index contributed by atoms with van der Waals surface area (Å²) in [5.74, 6) is -1.69. The monoisotopic (exact) mass is 261 g/mol. The molecule has 0 bridgehead atoms. The van der Waals surface area contributed by atoms with Crippen molar-refractivity contribution in [3.8, 4) is 0 Å². The fourth-order valence-electron chi connectivity index (χ4n) is 2.48. The second-order valence-electron chi connectivity index (χ2n) is 4.97. The molecule has 1 aliphatic carbocycles. The third-order valence-electron chi connectivity index (χ3n) is 3.82. The highest BCUT2D eigenvalue weighted by Gasteiger charge is 2.42. The van der Waals surface area contributed by atoms with Crippen LogP contribution in [0.4, 0.5) is 0 Å². The highest BCUT2D eigenvalue weighted by Crippen LogP contribution is 2.36. The Bertz CT molecular complexity index is 458. The van der Waals surface area contributed by atoms with E-state index in [4.69, 9.17) is 5.11 Å². The van der Waals surface area contributed by atoms with E-state index >= 15 is 0 Å². The van der Waals surface area contributed by atoms with Gasteiger partial charge >= 0.3 is 5.97 Å². The molecule has 2 rings (SSSR count). The van der Waals surface area contributed by atoms with E-state index in [1.807, 2.05) is 37.3 Å². The van der Waals surface area contributed by atoms with Gasteiger partial charge in [-0.05, 0) is 25.3 Å². The van der Waals surface area contributed by atoms with Gasteiger partial charge in [0.25, 0.3) is 0 Å². The lowest BCUT2D eigenvalue weighted by Gasteiger charge is -2.36. The predicted octanol–water partition coefficient (Wildman–Crippen LogP) is 2.15. The Hall–Kier alpha value is -1.84. The van der Waals surface area contributed by atoms with Gasteiger partial charge in [-0.15, -0.1) is 0 Å². The molecule has 102 valence electrons. The summed E-state index contributed by atoms with van der Waals surface area (Å²) in [5, 5.41) is 9.03. The molecule has 0 heterocycles. The van der Waals surface area contributed by atoms with E-state index in [-0.39, 0.29) is 11.8 Å². The van der Waals surface area contributed by atoms with Crippen LogP contribution < -0.4 is 0 Å². The van der Waals surface area contributed by atoms with Crippen LogP contribution in [-0.4, -0.2) is 28.4 Å². The summed E-state index contributed by atoms with van der Waals surface area (Å²) in [6.07, 6.45) is 1.32. The van der Waals surface area contributed by atoms with E-state index in [9.17, 15) is 9.59 Å². The summed E-state index contributed by atoms with van der Waals surface area (Å²) in [7, 11) is 0. The number of hydrogen-bond donors (Lipinski definition) is 1. The second kappa shape index (κ2) is 5.87. The molecule has 19 heavy (non-hydrogen) atoms. The van der Waals surface area contributed by atoms with Crippen LogP contribution in [0.15, 0.2) is 30.3 Å². The van der Waals surface area contributed by atoms with Crippen LogP contribution in [0.1, 0.15) is 25.3 Å².